The van der Waals surface area contributed by atoms with Gasteiger partial charge in [0.25, 0.3) is 0 Å². The van der Waals surface area contributed by atoms with Crippen LogP contribution in [0.4, 0.5) is 0 Å². The minimum Gasteiger partial charge on any atom is -0.357 e. The largest absolute Gasteiger partial charge is 0.357 e. The van der Waals surface area contributed by atoms with E-state index in [1.54, 1.807) is 19.0 Å². The first-order valence-corrected chi connectivity index (χ1v) is 8.67. The van der Waals surface area contributed by atoms with Gasteiger partial charge in [-0.2, -0.15) is 0 Å². The maximum absolute atomic E-state index is 11.7. The first kappa shape index (κ1) is 20.0. The predicted molar refractivity (Wildman–Crippen MR) is 101 cm³/mol. The molecule has 0 radical (unpaired) electrons. The van der Waals surface area contributed by atoms with Crippen LogP contribution < -0.4 is 10.6 Å². The molecule has 0 saturated carbocycles. The number of likely N-dealkylation sites (N-methyl/N-ethyl adjacent to an activating group) is 1. The highest BCUT2D eigenvalue weighted by Crippen LogP contribution is 2.15. The number of amides is 1. The molecular formula is C19H32N4O. The summed E-state index contributed by atoms with van der Waals surface area (Å²) in [6.45, 7) is 9.46. The zero-order valence-corrected chi connectivity index (χ0v) is 15.9. The van der Waals surface area contributed by atoms with E-state index in [-0.39, 0.29) is 18.5 Å². The number of guanidine groups is 1. The van der Waals surface area contributed by atoms with E-state index in [2.05, 4.69) is 60.7 Å². The molecular weight excluding hydrogens is 300 g/mol. The zero-order chi connectivity index (χ0) is 18.1. The van der Waals surface area contributed by atoms with Crippen LogP contribution in [0.15, 0.2) is 29.3 Å². The summed E-state index contributed by atoms with van der Waals surface area (Å²) >= 11 is 0. The van der Waals surface area contributed by atoms with Crippen molar-refractivity contribution in [2.24, 2.45) is 10.9 Å². The summed E-state index contributed by atoms with van der Waals surface area (Å²) in [4.78, 5) is 17.6. The first-order valence-electron chi connectivity index (χ1n) is 8.67. The highest BCUT2D eigenvalue weighted by atomic mass is 16.2. The highest BCUT2D eigenvalue weighted by Gasteiger charge is 2.09. The van der Waals surface area contributed by atoms with Gasteiger partial charge in [0.15, 0.2) is 5.96 Å². The average molecular weight is 332 g/mol. The van der Waals surface area contributed by atoms with Crippen molar-refractivity contribution in [3.63, 3.8) is 0 Å². The molecule has 1 atom stereocenters. The van der Waals surface area contributed by atoms with Gasteiger partial charge in [-0.3, -0.25) is 4.79 Å². The first-order chi connectivity index (χ1) is 11.3. The Hall–Kier alpha value is -2.04. The van der Waals surface area contributed by atoms with Crippen LogP contribution in [0.3, 0.4) is 0 Å². The van der Waals surface area contributed by atoms with Crippen LogP contribution in [0.5, 0.6) is 0 Å². The van der Waals surface area contributed by atoms with Gasteiger partial charge in [0.2, 0.25) is 5.91 Å². The van der Waals surface area contributed by atoms with Gasteiger partial charge in [-0.1, -0.05) is 38.1 Å². The van der Waals surface area contributed by atoms with Gasteiger partial charge in [-0.15, -0.1) is 0 Å². The molecule has 134 valence electrons. The molecule has 2 N–H and O–H groups in total. The number of carbonyl (C=O) groups is 1. The minimum absolute atomic E-state index is 0.0158. The van der Waals surface area contributed by atoms with Crippen LogP contribution in [0.1, 0.15) is 44.9 Å². The fourth-order valence-electron chi connectivity index (χ4n) is 2.31. The van der Waals surface area contributed by atoms with Crippen LogP contribution >= 0.6 is 0 Å². The molecule has 0 saturated heterocycles. The number of nitrogens with zero attached hydrogens (tertiary/aromatic N) is 2. The van der Waals surface area contributed by atoms with Crippen molar-refractivity contribution < 1.29 is 4.79 Å². The molecule has 0 aliphatic carbocycles. The third-order valence-electron chi connectivity index (χ3n) is 3.69. The van der Waals surface area contributed by atoms with Gasteiger partial charge in [0, 0.05) is 20.6 Å². The lowest BCUT2D eigenvalue weighted by Crippen LogP contribution is -2.39. The Balaban J connectivity index is 2.71. The van der Waals surface area contributed by atoms with Gasteiger partial charge in [-0.05, 0) is 37.3 Å². The second kappa shape index (κ2) is 9.96. The lowest BCUT2D eigenvalue weighted by Gasteiger charge is -2.19. The Morgan fingerprint density at radius 1 is 1.17 bits per heavy atom. The van der Waals surface area contributed by atoms with Gasteiger partial charge < -0.3 is 15.5 Å². The molecule has 0 aromatic heterocycles. The van der Waals surface area contributed by atoms with Gasteiger partial charge >= 0.3 is 0 Å². The Morgan fingerprint density at radius 3 is 2.29 bits per heavy atom. The third kappa shape index (κ3) is 7.02. The lowest BCUT2D eigenvalue weighted by atomic mass is 10.00. The van der Waals surface area contributed by atoms with E-state index in [1.807, 2.05) is 6.92 Å². The molecule has 0 aliphatic rings. The molecule has 24 heavy (non-hydrogen) atoms. The molecule has 1 aromatic carbocycles. The molecule has 0 spiro atoms. The predicted octanol–water partition coefficient (Wildman–Crippen LogP) is 2.59. The van der Waals surface area contributed by atoms with E-state index in [1.165, 1.54) is 11.1 Å². The number of hydrogen-bond acceptors (Lipinski definition) is 2. The van der Waals surface area contributed by atoms with E-state index >= 15 is 0 Å². The Morgan fingerprint density at radius 2 is 1.79 bits per heavy atom. The quantitative estimate of drug-likeness (QED) is 0.596. The zero-order valence-electron chi connectivity index (χ0n) is 15.9. The van der Waals surface area contributed by atoms with Crippen LogP contribution in [-0.4, -0.2) is 44.0 Å². The van der Waals surface area contributed by atoms with Crippen molar-refractivity contribution in [3.8, 4) is 0 Å². The fraction of sp³-hybridized carbons (Fsp3) is 0.579. The van der Waals surface area contributed by atoms with Crippen LogP contribution in [0, 0.1) is 5.92 Å². The summed E-state index contributed by atoms with van der Waals surface area (Å²) in [7, 11) is 3.47. The Bertz CT molecular complexity index is 535. The number of hydrogen-bond donors (Lipinski definition) is 2. The normalized spacial score (nSPS) is 12.9. The third-order valence-corrected chi connectivity index (χ3v) is 3.69. The Kier molecular flexibility index (Phi) is 8.30. The molecule has 0 bridgehead atoms. The van der Waals surface area contributed by atoms with Crippen LogP contribution in [-0.2, 0) is 11.2 Å². The molecule has 0 aliphatic heterocycles. The van der Waals surface area contributed by atoms with Crippen molar-refractivity contribution in [3.05, 3.63) is 35.4 Å². The second-order valence-electron chi connectivity index (χ2n) is 6.69. The Labute approximate surface area is 146 Å². The van der Waals surface area contributed by atoms with Crippen molar-refractivity contribution in [1.82, 2.24) is 15.5 Å². The molecule has 5 heteroatoms. The summed E-state index contributed by atoms with van der Waals surface area (Å²) in [5.74, 6) is 1.30. The van der Waals surface area contributed by atoms with E-state index in [0.717, 1.165) is 13.0 Å². The second-order valence-corrected chi connectivity index (χ2v) is 6.69. The molecule has 1 amide bonds. The van der Waals surface area contributed by atoms with E-state index in [0.29, 0.717) is 11.9 Å². The number of carbonyl (C=O) groups excluding carboxylic acids is 1. The van der Waals surface area contributed by atoms with Crippen molar-refractivity contribution in [2.75, 3.05) is 27.2 Å². The number of aliphatic imine (C=N–C) groups is 1. The number of benzene rings is 1. The molecule has 1 aromatic rings. The maximum Gasteiger partial charge on any atom is 0.243 e. The van der Waals surface area contributed by atoms with Crippen molar-refractivity contribution in [2.45, 2.75) is 40.2 Å². The smallest absolute Gasteiger partial charge is 0.243 e. The van der Waals surface area contributed by atoms with Crippen LogP contribution in [0.2, 0.25) is 0 Å². The topological polar surface area (TPSA) is 56.7 Å². The SMILES string of the molecule is CCNC(=NCC(=O)N(C)C)NC(C)c1ccc(CC(C)C)cc1. The van der Waals surface area contributed by atoms with E-state index < -0.39 is 0 Å². The van der Waals surface area contributed by atoms with Gasteiger partial charge in [0.1, 0.15) is 6.54 Å². The van der Waals surface area contributed by atoms with Gasteiger partial charge in [-0.25, -0.2) is 4.99 Å². The summed E-state index contributed by atoms with van der Waals surface area (Å²) < 4.78 is 0. The lowest BCUT2D eigenvalue weighted by molar-refractivity contribution is -0.127. The number of nitrogens with one attached hydrogen (secondary N) is 2. The molecule has 1 unspecified atom stereocenters. The van der Waals surface area contributed by atoms with E-state index in [4.69, 9.17) is 0 Å². The van der Waals surface area contributed by atoms with E-state index in [9.17, 15) is 4.79 Å². The molecule has 0 heterocycles. The summed E-state index contributed by atoms with van der Waals surface area (Å²) in [5, 5.41) is 6.54. The minimum atomic E-state index is -0.0158. The van der Waals surface area contributed by atoms with Crippen molar-refractivity contribution >= 4 is 11.9 Å². The molecule has 1 rings (SSSR count). The maximum atomic E-state index is 11.7. The summed E-state index contributed by atoms with van der Waals surface area (Å²) in [6, 6.07) is 8.80. The summed E-state index contributed by atoms with van der Waals surface area (Å²) in [5.41, 5.74) is 2.56. The molecule has 5 nitrogen and oxygen atoms in total. The van der Waals surface area contributed by atoms with Crippen molar-refractivity contribution in [1.29, 1.82) is 0 Å². The average Bonchev–Trinajstić information content (AvgIpc) is 2.52. The van der Waals surface area contributed by atoms with Gasteiger partial charge in [0.05, 0.1) is 6.04 Å². The monoisotopic (exact) mass is 332 g/mol. The fourth-order valence-corrected chi connectivity index (χ4v) is 2.31. The highest BCUT2D eigenvalue weighted by molar-refractivity contribution is 5.84. The summed E-state index contributed by atoms with van der Waals surface area (Å²) in [6.07, 6.45) is 1.10. The van der Waals surface area contributed by atoms with Crippen LogP contribution in [0.25, 0.3) is 0 Å². The number of rotatable bonds is 7. The molecule has 0 fully saturated rings. The standard InChI is InChI=1S/C19H32N4O/c1-7-20-19(21-13-18(24)23(5)6)22-15(4)17-10-8-16(9-11-17)12-14(2)3/h8-11,14-15H,7,12-13H2,1-6H3,(H2,20,21,22).